The fourth-order valence-corrected chi connectivity index (χ4v) is 2.34. The Labute approximate surface area is 135 Å². The van der Waals surface area contributed by atoms with Gasteiger partial charge in [-0.25, -0.2) is 0 Å². The third kappa shape index (κ3) is 5.44. The first-order valence-electron chi connectivity index (χ1n) is 7.69. The van der Waals surface area contributed by atoms with E-state index in [-0.39, 0.29) is 17.7 Å². The lowest BCUT2D eigenvalue weighted by Crippen LogP contribution is -2.45. The zero-order valence-electron chi connectivity index (χ0n) is 14.2. The topological polar surface area (TPSA) is 29.5 Å². The summed E-state index contributed by atoms with van der Waals surface area (Å²) < 4.78 is 41.2. The monoisotopic (exact) mass is 331 g/mol. The molecule has 1 amide bonds. The number of anilines is 1. The first-order valence-corrected chi connectivity index (χ1v) is 7.69. The van der Waals surface area contributed by atoms with Crippen molar-refractivity contribution in [2.75, 3.05) is 4.90 Å². The van der Waals surface area contributed by atoms with Crippen molar-refractivity contribution in [3.8, 4) is 5.75 Å². The van der Waals surface area contributed by atoms with Crippen molar-refractivity contribution in [1.82, 2.24) is 0 Å². The Morgan fingerprint density at radius 2 is 1.74 bits per heavy atom. The van der Waals surface area contributed by atoms with Crippen molar-refractivity contribution in [2.24, 2.45) is 5.41 Å². The van der Waals surface area contributed by atoms with E-state index in [1.807, 2.05) is 13.8 Å². The number of nitrogens with zero attached hydrogens (tertiary/aromatic N) is 1. The summed E-state index contributed by atoms with van der Waals surface area (Å²) in [5, 5.41) is 0. The summed E-state index contributed by atoms with van der Waals surface area (Å²) in [6.07, 6.45) is -3.34. The van der Waals surface area contributed by atoms with Crippen LogP contribution < -0.4 is 9.64 Å². The molecule has 0 fully saturated rings. The zero-order chi connectivity index (χ0) is 17.8. The van der Waals surface area contributed by atoms with Crippen LogP contribution in [-0.4, -0.2) is 18.3 Å². The van der Waals surface area contributed by atoms with Crippen LogP contribution in [0.2, 0.25) is 0 Å². The molecule has 23 heavy (non-hydrogen) atoms. The fraction of sp³-hybridized carbons (Fsp3) is 0.588. The van der Waals surface area contributed by atoms with Gasteiger partial charge in [0.15, 0.2) is 0 Å². The third-order valence-electron chi connectivity index (χ3n) is 3.50. The summed E-state index contributed by atoms with van der Waals surface area (Å²) in [6, 6.07) is 5.49. The molecule has 0 saturated carbocycles. The molecule has 0 atom stereocenters. The molecule has 6 heteroatoms. The number of amides is 1. The number of benzene rings is 1. The zero-order valence-corrected chi connectivity index (χ0v) is 14.2. The molecule has 0 N–H and O–H groups in total. The van der Waals surface area contributed by atoms with E-state index in [0.717, 1.165) is 0 Å². The van der Waals surface area contributed by atoms with Gasteiger partial charge in [0, 0.05) is 23.2 Å². The Hall–Kier alpha value is -1.72. The molecular formula is C17H24F3NO2. The highest BCUT2D eigenvalue weighted by Gasteiger charge is 2.34. The van der Waals surface area contributed by atoms with Gasteiger partial charge in [0.25, 0.3) is 0 Å². The van der Waals surface area contributed by atoms with Gasteiger partial charge in [-0.2, -0.15) is 0 Å². The molecule has 130 valence electrons. The van der Waals surface area contributed by atoms with E-state index < -0.39 is 11.8 Å². The largest absolute Gasteiger partial charge is 0.573 e. The van der Waals surface area contributed by atoms with Crippen molar-refractivity contribution < 1.29 is 22.7 Å². The number of carbonyl (C=O) groups excluding carboxylic acids is 1. The second-order valence-corrected chi connectivity index (χ2v) is 6.44. The summed E-state index contributed by atoms with van der Waals surface area (Å²) in [6.45, 7) is 9.28. The Bertz CT molecular complexity index is 531. The lowest BCUT2D eigenvalue weighted by molar-refractivity contribution is -0.274. The highest BCUT2D eigenvalue weighted by Crippen LogP contribution is 2.31. The van der Waals surface area contributed by atoms with E-state index in [4.69, 9.17) is 0 Å². The fourth-order valence-electron chi connectivity index (χ4n) is 2.34. The van der Waals surface area contributed by atoms with Crippen LogP contribution in [-0.2, 0) is 4.79 Å². The molecule has 0 aliphatic heterocycles. The molecule has 0 radical (unpaired) electrons. The Kier molecular flexibility index (Phi) is 6.08. The van der Waals surface area contributed by atoms with Crippen LogP contribution in [0.25, 0.3) is 0 Å². The normalized spacial score (nSPS) is 12.4. The van der Waals surface area contributed by atoms with Crippen molar-refractivity contribution in [2.45, 2.75) is 59.9 Å². The first-order chi connectivity index (χ1) is 10.5. The number of hydrogen-bond acceptors (Lipinski definition) is 2. The number of halogens is 3. The minimum Gasteiger partial charge on any atom is -0.406 e. The maximum Gasteiger partial charge on any atom is 0.573 e. The number of hydrogen-bond donors (Lipinski definition) is 0. The predicted octanol–water partition coefficient (Wildman–Crippen LogP) is 5.15. The molecule has 1 aromatic rings. The van der Waals surface area contributed by atoms with E-state index in [1.54, 1.807) is 31.7 Å². The van der Waals surface area contributed by atoms with Crippen molar-refractivity contribution in [1.29, 1.82) is 0 Å². The molecule has 1 aromatic carbocycles. The molecular weight excluding hydrogens is 307 g/mol. The Balaban J connectivity index is 3.27. The van der Waals surface area contributed by atoms with E-state index in [0.29, 0.717) is 18.5 Å². The molecule has 0 aliphatic rings. The van der Waals surface area contributed by atoms with Gasteiger partial charge in [-0.05, 0) is 25.0 Å². The van der Waals surface area contributed by atoms with E-state index >= 15 is 0 Å². The molecule has 0 spiro atoms. The van der Waals surface area contributed by atoms with Crippen LogP contribution >= 0.6 is 0 Å². The van der Waals surface area contributed by atoms with Crippen LogP contribution in [0.4, 0.5) is 18.9 Å². The second kappa shape index (κ2) is 7.23. The SMILES string of the molecule is CCC(CC)N(C(=O)C(C)(C)C)c1cccc(OC(F)(F)F)c1. The minimum atomic E-state index is -4.76. The summed E-state index contributed by atoms with van der Waals surface area (Å²) >= 11 is 0. The highest BCUT2D eigenvalue weighted by atomic mass is 19.4. The van der Waals surface area contributed by atoms with E-state index in [9.17, 15) is 18.0 Å². The summed E-state index contributed by atoms with van der Waals surface area (Å²) in [7, 11) is 0. The van der Waals surface area contributed by atoms with E-state index in [1.165, 1.54) is 18.2 Å². The first kappa shape index (κ1) is 19.3. The standard InChI is InChI=1S/C17H24F3NO2/c1-6-12(7-2)21(15(22)16(3,4)5)13-9-8-10-14(11-13)23-17(18,19)20/h8-12H,6-7H2,1-5H3. The van der Waals surface area contributed by atoms with Crippen LogP contribution in [0.15, 0.2) is 24.3 Å². The van der Waals surface area contributed by atoms with Crippen LogP contribution in [0.1, 0.15) is 47.5 Å². The van der Waals surface area contributed by atoms with Crippen molar-refractivity contribution in [3.05, 3.63) is 24.3 Å². The van der Waals surface area contributed by atoms with Gasteiger partial charge in [-0.1, -0.05) is 40.7 Å². The van der Waals surface area contributed by atoms with Gasteiger partial charge in [0.1, 0.15) is 5.75 Å². The second-order valence-electron chi connectivity index (χ2n) is 6.44. The maximum atomic E-state index is 12.8. The van der Waals surface area contributed by atoms with Gasteiger partial charge in [0.05, 0.1) is 0 Å². The summed E-state index contributed by atoms with van der Waals surface area (Å²) in [5.74, 6) is -0.456. The molecule has 0 aromatic heterocycles. The molecule has 0 saturated heterocycles. The van der Waals surface area contributed by atoms with Gasteiger partial charge >= 0.3 is 6.36 Å². The molecule has 0 heterocycles. The predicted molar refractivity (Wildman–Crippen MR) is 84.4 cm³/mol. The van der Waals surface area contributed by atoms with E-state index in [2.05, 4.69) is 4.74 Å². The smallest absolute Gasteiger partial charge is 0.406 e. The lowest BCUT2D eigenvalue weighted by atomic mass is 9.92. The molecule has 0 aliphatic carbocycles. The van der Waals surface area contributed by atoms with Gasteiger partial charge in [-0.15, -0.1) is 13.2 Å². The van der Waals surface area contributed by atoms with Crippen LogP contribution in [0.5, 0.6) is 5.75 Å². The van der Waals surface area contributed by atoms with Crippen molar-refractivity contribution in [3.63, 3.8) is 0 Å². The molecule has 1 rings (SSSR count). The van der Waals surface area contributed by atoms with Crippen LogP contribution in [0, 0.1) is 5.41 Å². The number of rotatable bonds is 5. The molecule has 0 unspecified atom stereocenters. The Morgan fingerprint density at radius 3 is 2.17 bits per heavy atom. The number of alkyl halides is 3. The van der Waals surface area contributed by atoms with Gasteiger partial charge in [-0.3, -0.25) is 4.79 Å². The Morgan fingerprint density at radius 1 is 1.17 bits per heavy atom. The number of carbonyl (C=O) groups is 1. The maximum absolute atomic E-state index is 12.8. The average molecular weight is 331 g/mol. The summed E-state index contributed by atoms with van der Waals surface area (Å²) in [4.78, 5) is 14.4. The molecule has 3 nitrogen and oxygen atoms in total. The molecule has 0 bridgehead atoms. The van der Waals surface area contributed by atoms with Gasteiger partial charge < -0.3 is 9.64 Å². The third-order valence-corrected chi connectivity index (χ3v) is 3.50. The van der Waals surface area contributed by atoms with Gasteiger partial charge in [0.2, 0.25) is 5.91 Å². The summed E-state index contributed by atoms with van der Waals surface area (Å²) in [5.41, 5.74) is -0.218. The minimum absolute atomic E-state index is 0.0807. The highest BCUT2D eigenvalue weighted by molar-refractivity contribution is 5.97. The van der Waals surface area contributed by atoms with Crippen molar-refractivity contribution >= 4 is 11.6 Å². The quantitative estimate of drug-likeness (QED) is 0.746. The van der Waals surface area contributed by atoms with Crippen LogP contribution in [0.3, 0.4) is 0 Å². The number of ether oxygens (including phenoxy) is 1. The lowest BCUT2D eigenvalue weighted by Gasteiger charge is -2.35. The average Bonchev–Trinajstić information content (AvgIpc) is 2.41.